The van der Waals surface area contributed by atoms with Crippen molar-refractivity contribution in [3.05, 3.63) is 29.3 Å². The Morgan fingerprint density at radius 1 is 0.918 bits per heavy atom. The highest BCUT2D eigenvalue weighted by molar-refractivity contribution is 5.83. The summed E-state index contributed by atoms with van der Waals surface area (Å²) in [4.78, 5) is 13.5. The molecule has 3 saturated carbocycles. The van der Waals surface area contributed by atoms with Gasteiger partial charge in [0.25, 0.3) is 0 Å². The smallest absolute Gasteiger partial charge is 0.460 e. The molecule has 4 aliphatic rings. The van der Waals surface area contributed by atoms with Crippen LogP contribution >= 0.6 is 0 Å². The summed E-state index contributed by atoms with van der Waals surface area (Å²) in [5.74, 6) is -26.7. The minimum atomic E-state index is -7.39. The number of carbonyl (C=O) groups is 1. The first-order valence-electron chi connectivity index (χ1n) is 16.7. The highest BCUT2D eigenvalue weighted by atomic mass is 19.4. The molecule has 0 radical (unpaired) electrons. The number of benzene rings is 1. The number of unbranched alkanes of at least 4 members (excludes halogenated alkanes) is 2. The third-order valence-corrected chi connectivity index (χ3v) is 12.4. The molecule has 15 heteroatoms. The number of alkyl halides is 11. The third kappa shape index (κ3) is 6.03. The first kappa shape index (κ1) is 38.1. The lowest BCUT2D eigenvalue weighted by molar-refractivity contribution is -0.422. The molecule has 0 heterocycles. The van der Waals surface area contributed by atoms with Crippen molar-refractivity contribution >= 4 is 5.78 Å². The van der Waals surface area contributed by atoms with Crippen LogP contribution < -0.4 is 0 Å². The van der Waals surface area contributed by atoms with Gasteiger partial charge in [0, 0.05) is 31.2 Å². The molecule has 0 aliphatic heterocycles. The zero-order valence-corrected chi connectivity index (χ0v) is 27.2. The number of halogens is 11. The molecule has 4 aliphatic carbocycles. The number of phenolic OH excluding ortho intramolecular Hbond substituents is 1. The predicted octanol–water partition coefficient (Wildman–Crippen LogP) is 8.78. The lowest BCUT2D eigenvalue weighted by Gasteiger charge is -2.56. The van der Waals surface area contributed by atoms with Gasteiger partial charge in [0.2, 0.25) is 0 Å². The highest BCUT2D eigenvalue weighted by Crippen LogP contribution is 2.70. The first-order valence-corrected chi connectivity index (χ1v) is 16.7. The number of carbonyl (C=O) groups excluding carboxylic acids is 1. The Morgan fingerprint density at radius 3 is 2.24 bits per heavy atom. The second kappa shape index (κ2) is 12.5. The molecular weight excluding hydrogens is 679 g/mol. The van der Waals surface area contributed by atoms with E-state index in [2.05, 4.69) is 6.92 Å². The summed E-state index contributed by atoms with van der Waals surface area (Å²) in [7, 11) is 1.22. The van der Waals surface area contributed by atoms with E-state index in [1.165, 1.54) is 7.05 Å². The summed E-state index contributed by atoms with van der Waals surface area (Å²) < 4.78 is 147. The predicted molar refractivity (Wildman–Crippen MR) is 156 cm³/mol. The maximum absolute atomic E-state index is 14.1. The number of aromatic hydroxyl groups is 1. The van der Waals surface area contributed by atoms with Gasteiger partial charge in [0.05, 0.1) is 5.60 Å². The summed E-state index contributed by atoms with van der Waals surface area (Å²) in [5, 5.41) is 22.1. The first-order chi connectivity index (χ1) is 22.4. The van der Waals surface area contributed by atoms with Crippen molar-refractivity contribution in [2.75, 3.05) is 20.1 Å². The molecule has 7 atom stereocenters. The van der Waals surface area contributed by atoms with Gasteiger partial charge >= 0.3 is 29.9 Å². The van der Waals surface area contributed by atoms with E-state index in [-0.39, 0.29) is 54.1 Å². The Morgan fingerprint density at radius 2 is 1.59 bits per heavy atom. The van der Waals surface area contributed by atoms with Crippen LogP contribution in [0.5, 0.6) is 5.75 Å². The van der Waals surface area contributed by atoms with Crippen LogP contribution in [0.15, 0.2) is 18.2 Å². The van der Waals surface area contributed by atoms with Gasteiger partial charge in [-0.3, -0.25) is 4.79 Å². The van der Waals surface area contributed by atoms with Gasteiger partial charge in [0.15, 0.2) is 0 Å². The lowest BCUT2D eigenvalue weighted by Crippen LogP contribution is -2.66. The molecule has 2 N–H and O–H groups in total. The fourth-order valence-electron chi connectivity index (χ4n) is 9.81. The van der Waals surface area contributed by atoms with E-state index in [0.29, 0.717) is 32.1 Å². The molecule has 1 aromatic carbocycles. The Bertz CT molecular complexity index is 1400. The number of aryl methyl sites for hydroxylation is 1. The van der Waals surface area contributed by atoms with Gasteiger partial charge in [-0.2, -0.15) is 48.3 Å². The molecule has 0 aromatic heterocycles. The van der Waals surface area contributed by atoms with Crippen LogP contribution in [0.1, 0.15) is 88.2 Å². The SMILES string of the molecule is CN(CCCCC[C@H]1C[C@@]2(C)C(C[C@H]3CC(=O)C[C@]32O)C2CCc3cc(O)ccc3C21)CCC(F)(F)C(F)(F)C(F)(F)C(F)(F)C(F)(F)F. The van der Waals surface area contributed by atoms with E-state index < -0.39 is 53.8 Å². The number of Topliss-reactive ketones (excluding diaryl/α,β-unsaturated/α-hetero) is 1. The zero-order chi connectivity index (χ0) is 36.6. The number of hydrogen-bond acceptors (Lipinski definition) is 4. The molecule has 3 unspecified atom stereocenters. The second-order valence-corrected chi connectivity index (χ2v) is 15.2. The van der Waals surface area contributed by atoms with Crippen LogP contribution in [0.3, 0.4) is 0 Å². The van der Waals surface area contributed by atoms with Gasteiger partial charge < -0.3 is 15.1 Å². The monoisotopic (exact) mass is 721 g/mol. The van der Waals surface area contributed by atoms with Gasteiger partial charge in [-0.1, -0.05) is 25.8 Å². The molecule has 49 heavy (non-hydrogen) atoms. The molecule has 5 rings (SSSR count). The highest BCUT2D eigenvalue weighted by Gasteiger charge is 2.86. The maximum Gasteiger partial charge on any atom is 0.460 e. The number of nitrogens with zero attached hydrogens (tertiary/aromatic N) is 1. The zero-order valence-electron chi connectivity index (χ0n) is 27.2. The van der Waals surface area contributed by atoms with E-state index in [4.69, 9.17) is 0 Å². The second-order valence-electron chi connectivity index (χ2n) is 15.2. The van der Waals surface area contributed by atoms with Crippen molar-refractivity contribution in [2.45, 2.75) is 119 Å². The normalized spacial score (nSPS) is 32.2. The van der Waals surface area contributed by atoms with Crippen LogP contribution in [0.25, 0.3) is 0 Å². The van der Waals surface area contributed by atoms with Gasteiger partial charge in [-0.15, -0.1) is 0 Å². The summed E-state index contributed by atoms with van der Waals surface area (Å²) in [5.41, 5.74) is 0.683. The minimum Gasteiger partial charge on any atom is -0.508 e. The maximum atomic E-state index is 14.1. The Hall–Kier alpha value is -2.16. The third-order valence-electron chi connectivity index (χ3n) is 12.4. The number of aliphatic hydroxyl groups is 1. The van der Waals surface area contributed by atoms with Crippen LogP contribution in [-0.2, 0) is 11.2 Å². The molecule has 1 aromatic rings. The number of phenols is 1. The van der Waals surface area contributed by atoms with Gasteiger partial charge in [0.1, 0.15) is 11.5 Å². The van der Waals surface area contributed by atoms with Crippen molar-refractivity contribution < 1.29 is 63.3 Å². The summed E-state index contributed by atoms with van der Waals surface area (Å²) >= 11 is 0. The number of fused-ring (bicyclic) bond motifs is 7. The topological polar surface area (TPSA) is 60.8 Å². The fraction of sp³-hybridized carbons (Fsp3) is 0.794. The minimum absolute atomic E-state index is 0.0406. The van der Waals surface area contributed by atoms with E-state index in [1.807, 2.05) is 6.07 Å². The molecule has 0 amide bonds. The van der Waals surface area contributed by atoms with Crippen molar-refractivity contribution in [3.63, 3.8) is 0 Å². The summed E-state index contributed by atoms with van der Waals surface area (Å²) in [6.07, 6.45) is -3.34. The quantitative estimate of drug-likeness (QED) is 0.168. The molecule has 4 nitrogen and oxygen atoms in total. The molecule has 3 fully saturated rings. The molecule has 0 bridgehead atoms. The molecule has 0 saturated heterocycles. The van der Waals surface area contributed by atoms with Gasteiger partial charge in [-0.25, -0.2) is 0 Å². The molecule has 278 valence electrons. The average molecular weight is 722 g/mol. The average Bonchev–Trinajstić information content (AvgIpc) is 3.40. The van der Waals surface area contributed by atoms with Gasteiger partial charge in [-0.05, 0) is 105 Å². The largest absolute Gasteiger partial charge is 0.508 e. The van der Waals surface area contributed by atoms with Crippen LogP contribution in [-0.4, -0.2) is 76.5 Å². The standard InChI is InChI=1S/C34H42F11NO3/c1-28-17-20(6-4-3-5-12-46(2)13-11-30(35,36)31(37,38)32(39,40)33(41,42)34(43,44)45)27-24-10-8-22(47)14-19(24)7-9-25(27)26(28)16-21-15-23(48)18-29(21,28)49/h8,10,14,20-21,25-27,47,49H,3-7,9,11-13,15-18H2,1-2H3/t20-,21+,25?,26?,27?,28-,29-/m0/s1. The van der Waals surface area contributed by atoms with Crippen LogP contribution in [0, 0.1) is 29.1 Å². The molecule has 0 spiro atoms. The van der Waals surface area contributed by atoms with E-state index in [0.717, 1.165) is 41.7 Å². The van der Waals surface area contributed by atoms with Crippen molar-refractivity contribution in [2.24, 2.45) is 29.1 Å². The van der Waals surface area contributed by atoms with E-state index >= 15 is 0 Å². The Balaban J connectivity index is 1.20. The van der Waals surface area contributed by atoms with Crippen molar-refractivity contribution in [1.82, 2.24) is 4.90 Å². The van der Waals surface area contributed by atoms with E-state index in [9.17, 15) is 63.3 Å². The molecular formula is C34H42F11NO3. The van der Waals surface area contributed by atoms with Crippen LogP contribution in [0.4, 0.5) is 48.3 Å². The van der Waals surface area contributed by atoms with Crippen molar-refractivity contribution in [1.29, 1.82) is 0 Å². The van der Waals surface area contributed by atoms with E-state index in [1.54, 1.807) is 12.1 Å². The van der Waals surface area contributed by atoms with Crippen LogP contribution in [0.2, 0.25) is 0 Å². The fourth-order valence-corrected chi connectivity index (χ4v) is 9.81. The Kier molecular flexibility index (Phi) is 9.72. The lowest BCUT2D eigenvalue weighted by atomic mass is 9.49. The summed E-state index contributed by atoms with van der Waals surface area (Å²) in [6.45, 7) is 1.17. The number of rotatable bonds is 12. The Labute approximate surface area is 277 Å². The van der Waals surface area contributed by atoms with Crippen molar-refractivity contribution in [3.8, 4) is 5.75 Å². The number of hydrogen-bond donors (Lipinski definition) is 2. The summed E-state index contributed by atoms with van der Waals surface area (Å²) in [6, 6.07) is 5.41. The number of ketones is 1.